The van der Waals surface area contributed by atoms with Gasteiger partial charge in [-0.2, -0.15) is 0 Å². The van der Waals surface area contributed by atoms with Crippen LogP contribution in [0.2, 0.25) is 0 Å². The van der Waals surface area contributed by atoms with Gasteiger partial charge in [0.25, 0.3) is 0 Å². The number of nitrogens with one attached hydrogen (secondary N) is 1. The van der Waals surface area contributed by atoms with Crippen LogP contribution in [0.5, 0.6) is 0 Å². The molecule has 116 valence electrons. The second kappa shape index (κ2) is 6.38. The second-order valence-corrected chi connectivity index (χ2v) is 6.02. The van der Waals surface area contributed by atoms with E-state index in [-0.39, 0.29) is 11.7 Å². The third-order valence-corrected chi connectivity index (χ3v) is 3.95. The number of carbonyl (C=O) groups excluding carboxylic acids is 2. The zero-order chi connectivity index (χ0) is 16.4. The number of amides is 1. The molecule has 0 fully saturated rings. The third-order valence-electron chi connectivity index (χ3n) is 3.45. The zero-order valence-corrected chi connectivity index (χ0v) is 14.0. The summed E-state index contributed by atoms with van der Waals surface area (Å²) in [4.78, 5) is 23.8. The van der Waals surface area contributed by atoms with Crippen molar-refractivity contribution in [2.24, 2.45) is 0 Å². The third kappa shape index (κ3) is 3.35. The van der Waals surface area contributed by atoms with E-state index in [1.165, 1.54) is 0 Å². The van der Waals surface area contributed by atoms with E-state index in [4.69, 9.17) is 4.42 Å². The largest absolute Gasteiger partial charge is 0.453 e. The molecular weight excluding hydrogens is 358 g/mol. The highest BCUT2D eigenvalue weighted by Crippen LogP contribution is 2.25. The Bertz CT molecular complexity index is 881. The lowest BCUT2D eigenvalue weighted by molar-refractivity contribution is -0.115. The van der Waals surface area contributed by atoms with Crippen molar-refractivity contribution in [3.05, 3.63) is 64.3 Å². The van der Waals surface area contributed by atoms with Crippen LogP contribution in [-0.2, 0) is 4.79 Å². The number of fused-ring (bicyclic) bond motifs is 1. The highest BCUT2D eigenvalue weighted by molar-refractivity contribution is 9.10. The number of halogens is 1. The summed E-state index contributed by atoms with van der Waals surface area (Å²) in [6.07, 6.45) is 0.412. The Hall–Kier alpha value is -2.40. The first-order valence-electron chi connectivity index (χ1n) is 7.20. The van der Waals surface area contributed by atoms with Crippen LogP contribution >= 0.6 is 15.9 Å². The van der Waals surface area contributed by atoms with Crippen LogP contribution in [0.3, 0.4) is 0 Å². The molecule has 0 aliphatic carbocycles. The molecule has 0 atom stereocenters. The maximum absolute atomic E-state index is 12.5. The van der Waals surface area contributed by atoms with Gasteiger partial charge in [-0.3, -0.25) is 9.59 Å². The normalized spacial score (nSPS) is 10.7. The van der Waals surface area contributed by atoms with Gasteiger partial charge in [-0.1, -0.05) is 22.9 Å². The fraction of sp³-hybridized carbons (Fsp3) is 0.111. The van der Waals surface area contributed by atoms with Crippen LogP contribution in [0.25, 0.3) is 11.0 Å². The van der Waals surface area contributed by atoms with E-state index in [0.717, 1.165) is 9.86 Å². The Morgan fingerprint density at radius 3 is 2.52 bits per heavy atom. The number of rotatable bonds is 4. The molecule has 1 N–H and O–H groups in total. The molecular formula is C18H14BrNO3. The Morgan fingerprint density at radius 2 is 1.83 bits per heavy atom. The first-order chi connectivity index (χ1) is 11.1. The summed E-state index contributed by atoms with van der Waals surface area (Å²) < 4.78 is 6.54. The van der Waals surface area contributed by atoms with Crippen molar-refractivity contribution < 1.29 is 14.0 Å². The number of hydrogen-bond donors (Lipinski definition) is 1. The van der Waals surface area contributed by atoms with E-state index < -0.39 is 0 Å². The fourth-order valence-electron chi connectivity index (χ4n) is 2.22. The van der Waals surface area contributed by atoms with Crippen LogP contribution in [0.15, 0.2) is 57.4 Å². The Balaban J connectivity index is 1.85. The Morgan fingerprint density at radius 1 is 1.09 bits per heavy atom. The number of ketones is 1. The zero-order valence-electron chi connectivity index (χ0n) is 12.4. The number of anilines is 1. The first-order valence-corrected chi connectivity index (χ1v) is 8.00. The smallest absolute Gasteiger partial charge is 0.228 e. The Labute approximate surface area is 141 Å². The fourth-order valence-corrected chi connectivity index (χ4v) is 2.60. The standard InChI is InChI=1S/C18H14BrNO3/c1-2-17(21)20-14-6-3-11(4-7-14)18(22)16-10-12-9-13(19)5-8-15(12)23-16/h3-10H,2H2,1H3,(H,20,21). The SMILES string of the molecule is CCC(=O)Nc1ccc(C(=O)c2cc3cc(Br)ccc3o2)cc1. The van der Waals surface area contributed by atoms with Gasteiger partial charge in [0.15, 0.2) is 5.76 Å². The summed E-state index contributed by atoms with van der Waals surface area (Å²) in [6.45, 7) is 1.78. The minimum atomic E-state index is -0.189. The number of hydrogen-bond acceptors (Lipinski definition) is 3. The monoisotopic (exact) mass is 371 g/mol. The summed E-state index contributed by atoms with van der Waals surface area (Å²) in [5.74, 6) is 0.0427. The summed E-state index contributed by atoms with van der Waals surface area (Å²) in [6, 6.07) is 14.1. The topological polar surface area (TPSA) is 59.3 Å². The van der Waals surface area contributed by atoms with Crippen molar-refractivity contribution in [3.63, 3.8) is 0 Å². The lowest BCUT2D eigenvalue weighted by Crippen LogP contribution is -2.09. The lowest BCUT2D eigenvalue weighted by Gasteiger charge is -2.04. The van der Waals surface area contributed by atoms with E-state index in [1.807, 2.05) is 18.2 Å². The van der Waals surface area contributed by atoms with E-state index in [2.05, 4.69) is 21.2 Å². The number of furan rings is 1. The molecule has 0 saturated carbocycles. The maximum atomic E-state index is 12.5. The summed E-state index contributed by atoms with van der Waals surface area (Å²) in [5, 5.41) is 3.62. The van der Waals surface area contributed by atoms with Gasteiger partial charge in [0, 0.05) is 27.5 Å². The van der Waals surface area contributed by atoms with Gasteiger partial charge in [0.2, 0.25) is 11.7 Å². The van der Waals surface area contributed by atoms with Crippen molar-refractivity contribution in [2.75, 3.05) is 5.32 Å². The molecule has 3 rings (SSSR count). The van der Waals surface area contributed by atoms with E-state index in [0.29, 0.717) is 29.0 Å². The highest BCUT2D eigenvalue weighted by Gasteiger charge is 2.15. The molecule has 1 heterocycles. The molecule has 1 aromatic heterocycles. The van der Waals surface area contributed by atoms with Crippen LogP contribution in [-0.4, -0.2) is 11.7 Å². The first kappa shape index (κ1) is 15.5. The van der Waals surface area contributed by atoms with Gasteiger partial charge in [-0.25, -0.2) is 0 Å². The van der Waals surface area contributed by atoms with Crippen LogP contribution in [0.4, 0.5) is 5.69 Å². The highest BCUT2D eigenvalue weighted by atomic mass is 79.9. The average Bonchev–Trinajstić information content (AvgIpc) is 2.97. The lowest BCUT2D eigenvalue weighted by atomic mass is 10.1. The molecule has 0 saturated heterocycles. The summed E-state index contributed by atoms with van der Waals surface area (Å²) >= 11 is 3.40. The molecule has 1 amide bonds. The number of carbonyl (C=O) groups is 2. The Kier molecular flexibility index (Phi) is 4.30. The molecule has 23 heavy (non-hydrogen) atoms. The molecule has 0 aliphatic rings. The maximum Gasteiger partial charge on any atom is 0.228 e. The van der Waals surface area contributed by atoms with E-state index in [9.17, 15) is 9.59 Å². The van der Waals surface area contributed by atoms with Gasteiger partial charge >= 0.3 is 0 Å². The quantitative estimate of drug-likeness (QED) is 0.671. The number of benzene rings is 2. The molecule has 5 heteroatoms. The van der Waals surface area contributed by atoms with Gasteiger partial charge in [0.05, 0.1) is 0 Å². The van der Waals surface area contributed by atoms with Crippen molar-refractivity contribution in [1.82, 2.24) is 0 Å². The van der Waals surface area contributed by atoms with Gasteiger partial charge < -0.3 is 9.73 Å². The molecule has 0 aliphatic heterocycles. The minimum absolute atomic E-state index is 0.0630. The second-order valence-electron chi connectivity index (χ2n) is 5.10. The van der Waals surface area contributed by atoms with Crippen LogP contribution in [0, 0.1) is 0 Å². The molecule has 2 aromatic carbocycles. The predicted octanol–water partition coefficient (Wildman–Crippen LogP) is 4.77. The van der Waals surface area contributed by atoms with Crippen molar-refractivity contribution >= 4 is 44.3 Å². The molecule has 0 unspecified atom stereocenters. The molecule has 0 spiro atoms. The molecule has 0 radical (unpaired) electrons. The summed E-state index contributed by atoms with van der Waals surface area (Å²) in [7, 11) is 0. The summed E-state index contributed by atoms with van der Waals surface area (Å²) in [5.41, 5.74) is 1.85. The van der Waals surface area contributed by atoms with Crippen LogP contribution < -0.4 is 5.32 Å². The van der Waals surface area contributed by atoms with E-state index >= 15 is 0 Å². The van der Waals surface area contributed by atoms with Gasteiger partial charge in [0.1, 0.15) is 5.58 Å². The van der Waals surface area contributed by atoms with Crippen molar-refractivity contribution in [1.29, 1.82) is 0 Å². The average molecular weight is 372 g/mol. The van der Waals surface area contributed by atoms with Crippen molar-refractivity contribution in [2.45, 2.75) is 13.3 Å². The molecule has 4 nitrogen and oxygen atoms in total. The molecule has 3 aromatic rings. The molecule has 0 bridgehead atoms. The van der Waals surface area contributed by atoms with Gasteiger partial charge in [-0.05, 0) is 48.5 Å². The van der Waals surface area contributed by atoms with Gasteiger partial charge in [-0.15, -0.1) is 0 Å². The van der Waals surface area contributed by atoms with E-state index in [1.54, 1.807) is 37.3 Å². The predicted molar refractivity (Wildman–Crippen MR) is 92.7 cm³/mol. The minimum Gasteiger partial charge on any atom is -0.453 e. The van der Waals surface area contributed by atoms with Crippen molar-refractivity contribution in [3.8, 4) is 0 Å². The van der Waals surface area contributed by atoms with Crippen LogP contribution in [0.1, 0.15) is 29.5 Å².